The third-order valence-electron chi connectivity index (χ3n) is 3.98. The van der Waals surface area contributed by atoms with Gasteiger partial charge in [0, 0.05) is 26.8 Å². The molecular weight excluding hydrogens is 348 g/mol. The lowest BCUT2D eigenvalue weighted by molar-refractivity contribution is -0.137. The summed E-state index contributed by atoms with van der Waals surface area (Å²) in [6.07, 6.45) is -1.75. The van der Waals surface area contributed by atoms with Crippen LogP contribution < -0.4 is 4.90 Å². The standard InChI is InChI=1S/C18H20F4N4/c1-5-25(3)11-24-15-9-13(19)10-16(12(15)2)26(4)17-14(18(20,21)22)7-6-8-23-17/h6-11H,5H2,1-4H3. The van der Waals surface area contributed by atoms with Gasteiger partial charge >= 0.3 is 6.18 Å². The van der Waals surface area contributed by atoms with E-state index in [1.54, 1.807) is 18.2 Å². The first kappa shape index (κ1) is 19.7. The number of alkyl halides is 3. The van der Waals surface area contributed by atoms with Crippen molar-refractivity contribution in [3.63, 3.8) is 0 Å². The third kappa shape index (κ3) is 4.30. The molecule has 1 heterocycles. The summed E-state index contributed by atoms with van der Waals surface area (Å²) in [5.41, 5.74) is 0.271. The number of hydrogen-bond donors (Lipinski definition) is 0. The quantitative estimate of drug-likeness (QED) is 0.426. The van der Waals surface area contributed by atoms with E-state index in [-0.39, 0.29) is 11.5 Å². The van der Waals surface area contributed by atoms with Gasteiger partial charge < -0.3 is 9.80 Å². The van der Waals surface area contributed by atoms with Gasteiger partial charge in [-0.3, -0.25) is 0 Å². The average molecular weight is 368 g/mol. The average Bonchev–Trinajstić information content (AvgIpc) is 2.60. The summed E-state index contributed by atoms with van der Waals surface area (Å²) in [4.78, 5) is 11.1. The Kier molecular flexibility index (Phi) is 5.84. The Balaban J connectivity index is 2.53. The van der Waals surface area contributed by atoms with Crippen LogP contribution in [0.1, 0.15) is 18.1 Å². The highest BCUT2D eigenvalue weighted by Crippen LogP contribution is 2.39. The lowest BCUT2D eigenvalue weighted by Crippen LogP contribution is -2.19. The summed E-state index contributed by atoms with van der Waals surface area (Å²) in [5.74, 6) is -0.887. The second kappa shape index (κ2) is 7.72. The molecule has 0 radical (unpaired) electrons. The van der Waals surface area contributed by atoms with Gasteiger partial charge in [-0.15, -0.1) is 0 Å². The molecule has 0 aliphatic rings. The maximum absolute atomic E-state index is 14.1. The molecule has 1 aromatic heterocycles. The summed E-state index contributed by atoms with van der Waals surface area (Å²) in [7, 11) is 3.24. The van der Waals surface area contributed by atoms with Crippen molar-refractivity contribution in [2.75, 3.05) is 25.5 Å². The summed E-state index contributed by atoms with van der Waals surface area (Å²) in [6, 6.07) is 4.58. The molecule has 0 amide bonds. The summed E-state index contributed by atoms with van der Waals surface area (Å²) in [5, 5.41) is 0. The highest BCUT2D eigenvalue weighted by molar-refractivity contribution is 5.73. The summed E-state index contributed by atoms with van der Waals surface area (Å²) in [6.45, 7) is 4.33. The van der Waals surface area contributed by atoms with Crippen LogP contribution in [0.25, 0.3) is 0 Å². The van der Waals surface area contributed by atoms with Crippen LogP contribution in [0.4, 0.5) is 34.8 Å². The molecule has 2 aromatic rings. The number of hydrogen-bond acceptors (Lipinski definition) is 3. The van der Waals surface area contributed by atoms with Gasteiger partial charge in [0.05, 0.1) is 23.3 Å². The fraction of sp³-hybridized carbons (Fsp3) is 0.333. The first-order valence-electron chi connectivity index (χ1n) is 7.95. The number of pyridine rings is 1. The van der Waals surface area contributed by atoms with Crippen molar-refractivity contribution in [1.29, 1.82) is 0 Å². The first-order chi connectivity index (χ1) is 12.1. The molecule has 26 heavy (non-hydrogen) atoms. The van der Waals surface area contributed by atoms with Crippen LogP contribution in [0.5, 0.6) is 0 Å². The van der Waals surface area contributed by atoms with Crippen LogP contribution >= 0.6 is 0 Å². The Morgan fingerprint density at radius 1 is 1.23 bits per heavy atom. The number of aliphatic imine (C=N–C) groups is 1. The van der Waals surface area contributed by atoms with Gasteiger partial charge in [-0.2, -0.15) is 13.2 Å². The van der Waals surface area contributed by atoms with Gasteiger partial charge in [-0.05, 0) is 43.7 Å². The largest absolute Gasteiger partial charge is 0.419 e. The lowest BCUT2D eigenvalue weighted by atomic mass is 10.1. The molecule has 0 spiro atoms. The molecule has 0 aliphatic carbocycles. The van der Waals surface area contributed by atoms with E-state index < -0.39 is 17.6 Å². The zero-order valence-corrected chi connectivity index (χ0v) is 15.0. The number of anilines is 2. The van der Waals surface area contributed by atoms with Crippen LogP contribution in [0.2, 0.25) is 0 Å². The van der Waals surface area contributed by atoms with Gasteiger partial charge in [-0.25, -0.2) is 14.4 Å². The predicted molar refractivity (Wildman–Crippen MR) is 94.9 cm³/mol. The number of aromatic nitrogens is 1. The topological polar surface area (TPSA) is 31.7 Å². The number of halogens is 4. The minimum atomic E-state index is -4.57. The van der Waals surface area contributed by atoms with Crippen molar-refractivity contribution in [3.05, 3.63) is 47.4 Å². The van der Waals surface area contributed by atoms with Gasteiger partial charge in [-0.1, -0.05) is 0 Å². The second-order valence-corrected chi connectivity index (χ2v) is 5.82. The second-order valence-electron chi connectivity index (χ2n) is 5.82. The Morgan fingerprint density at radius 2 is 1.92 bits per heavy atom. The molecule has 140 valence electrons. The van der Waals surface area contributed by atoms with Gasteiger partial charge in [0.25, 0.3) is 0 Å². The third-order valence-corrected chi connectivity index (χ3v) is 3.98. The molecule has 0 saturated carbocycles. The molecule has 0 bridgehead atoms. The lowest BCUT2D eigenvalue weighted by Gasteiger charge is -2.24. The van der Waals surface area contributed by atoms with E-state index in [1.165, 1.54) is 36.3 Å². The SMILES string of the molecule is CCN(C)C=Nc1cc(F)cc(N(C)c2ncccc2C(F)(F)F)c1C. The molecule has 8 heteroatoms. The molecule has 0 atom stereocenters. The number of nitrogens with zero attached hydrogens (tertiary/aromatic N) is 4. The van der Waals surface area contributed by atoms with Crippen LogP contribution in [0.15, 0.2) is 35.5 Å². The number of benzene rings is 1. The van der Waals surface area contributed by atoms with Crippen molar-refractivity contribution in [3.8, 4) is 0 Å². The van der Waals surface area contributed by atoms with Gasteiger partial charge in [0.1, 0.15) is 11.6 Å². The zero-order valence-electron chi connectivity index (χ0n) is 15.0. The normalized spacial score (nSPS) is 11.8. The van der Waals surface area contributed by atoms with E-state index in [0.29, 0.717) is 17.8 Å². The van der Waals surface area contributed by atoms with Crippen molar-refractivity contribution in [2.24, 2.45) is 4.99 Å². The van der Waals surface area contributed by atoms with Crippen molar-refractivity contribution in [2.45, 2.75) is 20.0 Å². The molecular formula is C18H20F4N4. The minimum absolute atomic E-state index is 0.264. The smallest absolute Gasteiger partial charge is 0.366 e. The van der Waals surface area contributed by atoms with E-state index in [2.05, 4.69) is 9.98 Å². The molecule has 0 saturated heterocycles. The van der Waals surface area contributed by atoms with Crippen LogP contribution in [0.3, 0.4) is 0 Å². The summed E-state index contributed by atoms with van der Waals surface area (Å²) < 4.78 is 53.9. The van der Waals surface area contributed by atoms with Crippen molar-refractivity contribution in [1.82, 2.24) is 9.88 Å². The molecule has 4 nitrogen and oxygen atoms in total. The number of rotatable bonds is 5. The highest BCUT2D eigenvalue weighted by atomic mass is 19.4. The van der Waals surface area contributed by atoms with Crippen LogP contribution in [-0.4, -0.2) is 36.9 Å². The van der Waals surface area contributed by atoms with E-state index in [9.17, 15) is 17.6 Å². The highest BCUT2D eigenvalue weighted by Gasteiger charge is 2.35. The fourth-order valence-electron chi connectivity index (χ4n) is 2.38. The maximum atomic E-state index is 14.1. The Hall–Kier alpha value is -2.64. The predicted octanol–water partition coefficient (Wildman–Crippen LogP) is 4.93. The first-order valence-corrected chi connectivity index (χ1v) is 7.95. The van der Waals surface area contributed by atoms with Crippen LogP contribution in [0, 0.1) is 12.7 Å². The Bertz CT molecular complexity index is 802. The maximum Gasteiger partial charge on any atom is 0.419 e. The molecule has 0 aliphatic heterocycles. The van der Waals surface area contributed by atoms with E-state index in [1.807, 2.05) is 14.0 Å². The van der Waals surface area contributed by atoms with Crippen molar-refractivity contribution < 1.29 is 17.6 Å². The van der Waals surface area contributed by atoms with E-state index in [0.717, 1.165) is 6.07 Å². The van der Waals surface area contributed by atoms with Crippen LogP contribution in [-0.2, 0) is 6.18 Å². The van der Waals surface area contributed by atoms with E-state index in [4.69, 9.17) is 0 Å². The Labute approximate surface area is 149 Å². The Morgan fingerprint density at radius 3 is 2.54 bits per heavy atom. The molecule has 0 fully saturated rings. The zero-order chi connectivity index (χ0) is 19.5. The van der Waals surface area contributed by atoms with E-state index >= 15 is 0 Å². The molecule has 0 unspecified atom stereocenters. The molecule has 0 N–H and O–H groups in total. The molecule has 1 aromatic carbocycles. The fourth-order valence-corrected chi connectivity index (χ4v) is 2.38. The monoisotopic (exact) mass is 368 g/mol. The minimum Gasteiger partial charge on any atom is -0.366 e. The van der Waals surface area contributed by atoms with Gasteiger partial charge in [0.15, 0.2) is 0 Å². The molecule has 2 rings (SSSR count). The van der Waals surface area contributed by atoms with Gasteiger partial charge in [0.2, 0.25) is 0 Å². The summed E-state index contributed by atoms with van der Waals surface area (Å²) >= 11 is 0. The van der Waals surface area contributed by atoms with Crippen molar-refractivity contribution >= 4 is 23.5 Å².